The number of halogens is 1. The second-order valence-corrected chi connectivity index (χ2v) is 5.84. The summed E-state index contributed by atoms with van der Waals surface area (Å²) in [5.41, 5.74) is 0.859. The van der Waals surface area contributed by atoms with Crippen molar-refractivity contribution in [1.82, 2.24) is 10.3 Å². The SMILES string of the molecule is O=C(N[C@@H]1CCCC[C@@H](O)[C@@H]1O)c1cc2ccc(F)cc2[nH]1. The van der Waals surface area contributed by atoms with Gasteiger partial charge in [0.2, 0.25) is 0 Å². The molecule has 5 nitrogen and oxygen atoms in total. The van der Waals surface area contributed by atoms with Gasteiger partial charge in [0.1, 0.15) is 11.5 Å². The van der Waals surface area contributed by atoms with Crippen LogP contribution in [-0.4, -0.2) is 39.4 Å². The van der Waals surface area contributed by atoms with Crippen molar-refractivity contribution in [3.05, 3.63) is 35.8 Å². The summed E-state index contributed by atoms with van der Waals surface area (Å²) < 4.78 is 13.2. The number of carbonyl (C=O) groups is 1. The third-order valence-electron chi connectivity index (χ3n) is 4.22. The molecule has 1 aromatic carbocycles. The minimum Gasteiger partial charge on any atom is -0.390 e. The number of amides is 1. The molecule has 1 saturated carbocycles. The van der Waals surface area contributed by atoms with Crippen LogP contribution in [0.1, 0.15) is 36.2 Å². The minimum absolute atomic E-state index is 0.312. The fraction of sp³-hybridized carbons (Fsp3) is 0.438. The fourth-order valence-electron chi connectivity index (χ4n) is 2.95. The summed E-state index contributed by atoms with van der Waals surface area (Å²) in [6, 6.07) is 5.43. The lowest BCUT2D eigenvalue weighted by Crippen LogP contribution is -2.47. The van der Waals surface area contributed by atoms with E-state index in [0.29, 0.717) is 24.1 Å². The molecule has 0 saturated heterocycles. The first-order valence-corrected chi connectivity index (χ1v) is 7.50. The van der Waals surface area contributed by atoms with Gasteiger partial charge in [-0.3, -0.25) is 4.79 Å². The molecule has 1 fully saturated rings. The molecule has 0 bridgehead atoms. The molecule has 2 aromatic rings. The number of hydrogen-bond acceptors (Lipinski definition) is 3. The predicted octanol–water partition coefficient (Wildman–Crippen LogP) is 1.70. The van der Waals surface area contributed by atoms with E-state index in [-0.39, 0.29) is 11.7 Å². The quantitative estimate of drug-likeness (QED) is 0.637. The van der Waals surface area contributed by atoms with E-state index >= 15 is 0 Å². The third-order valence-corrected chi connectivity index (χ3v) is 4.22. The average Bonchev–Trinajstić information content (AvgIpc) is 2.85. The van der Waals surface area contributed by atoms with Crippen molar-refractivity contribution in [3.63, 3.8) is 0 Å². The number of aromatic nitrogens is 1. The van der Waals surface area contributed by atoms with Gasteiger partial charge in [-0.2, -0.15) is 0 Å². The molecular weight excluding hydrogens is 287 g/mol. The van der Waals surface area contributed by atoms with E-state index in [4.69, 9.17) is 0 Å². The largest absolute Gasteiger partial charge is 0.390 e. The Morgan fingerprint density at radius 3 is 2.82 bits per heavy atom. The van der Waals surface area contributed by atoms with Gasteiger partial charge in [-0.05, 0) is 37.1 Å². The van der Waals surface area contributed by atoms with Gasteiger partial charge < -0.3 is 20.5 Å². The van der Waals surface area contributed by atoms with Gasteiger partial charge in [0, 0.05) is 10.9 Å². The van der Waals surface area contributed by atoms with E-state index in [1.54, 1.807) is 12.1 Å². The summed E-state index contributed by atoms with van der Waals surface area (Å²) in [6.07, 6.45) is 1.06. The molecule has 118 valence electrons. The minimum atomic E-state index is -0.965. The van der Waals surface area contributed by atoms with Crippen molar-refractivity contribution in [2.24, 2.45) is 0 Å². The normalized spacial score (nSPS) is 25.9. The maximum atomic E-state index is 13.2. The van der Waals surface area contributed by atoms with Crippen LogP contribution in [0, 0.1) is 5.82 Å². The second-order valence-electron chi connectivity index (χ2n) is 5.84. The molecule has 0 spiro atoms. The highest BCUT2D eigenvalue weighted by molar-refractivity contribution is 5.98. The smallest absolute Gasteiger partial charge is 0.268 e. The lowest BCUT2D eigenvalue weighted by atomic mass is 10.0. The maximum Gasteiger partial charge on any atom is 0.268 e. The van der Waals surface area contributed by atoms with Crippen molar-refractivity contribution in [3.8, 4) is 0 Å². The first kappa shape index (κ1) is 15.0. The van der Waals surface area contributed by atoms with Crippen LogP contribution < -0.4 is 5.32 Å². The number of fused-ring (bicyclic) bond motifs is 1. The van der Waals surface area contributed by atoms with Crippen LogP contribution in [0.4, 0.5) is 4.39 Å². The standard InChI is InChI=1S/C16H19FN2O3/c17-10-6-5-9-7-13(18-12(9)8-10)16(22)19-11-3-1-2-4-14(20)15(11)21/h5-8,11,14-15,18,20-21H,1-4H2,(H,19,22)/t11-,14-,15-/m1/s1. The zero-order valence-corrected chi connectivity index (χ0v) is 12.1. The Bertz CT molecular complexity index is 685. The number of rotatable bonds is 2. The number of benzene rings is 1. The fourth-order valence-corrected chi connectivity index (χ4v) is 2.95. The average molecular weight is 306 g/mol. The van der Waals surface area contributed by atoms with Gasteiger partial charge in [0.05, 0.1) is 18.2 Å². The topological polar surface area (TPSA) is 85.3 Å². The molecule has 1 amide bonds. The molecule has 3 rings (SSSR count). The molecular formula is C16H19FN2O3. The van der Waals surface area contributed by atoms with Crippen molar-refractivity contribution in [1.29, 1.82) is 0 Å². The van der Waals surface area contributed by atoms with E-state index in [1.165, 1.54) is 12.1 Å². The number of H-pyrrole nitrogens is 1. The van der Waals surface area contributed by atoms with E-state index < -0.39 is 18.2 Å². The Hall–Kier alpha value is -1.92. The molecule has 1 aromatic heterocycles. The van der Waals surface area contributed by atoms with Gasteiger partial charge in [0.25, 0.3) is 5.91 Å². The zero-order valence-electron chi connectivity index (χ0n) is 12.1. The molecule has 3 atom stereocenters. The van der Waals surface area contributed by atoms with Crippen molar-refractivity contribution in [2.75, 3.05) is 0 Å². The van der Waals surface area contributed by atoms with Crippen molar-refractivity contribution >= 4 is 16.8 Å². The number of aliphatic hydroxyl groups is 2. The van der Waals surface area contributed by atoms with Crippen LogP contribution in [0.3, 0.4) is 0 Å². The van der Waals surface area contributed by atoms with E-state index in [1.807, 2.05) is 0 Å². The second kappa shape index (κ2) is 6.06. The Labute approximate surface area is 127 Å². The first-order valence-electron chi connectivity index (χ1n) is 7.50. The summed E-state index contributed by atoms with van der Waals surface area (Å²) in [4.78, 5) is 15.2. The Morgan fingerprint density at radius 2 is 2.00 bits per heavy atom. The Kier molecular flexibility index (Phi) is 4.13. The maximum absolute atomic E-state index is 13.2. The van der Waals surface area contributed by atoms with Gasteiger partial charge in [0.15, 0.2) is 0 Å². The van der Waals surface area contributed by atoms with Gasteiger partial charge in [-0.25, -0.2) is 4.39 Å². The van der Waals surface area contributed by atoms with Crippen LogP contribution in [0.15, 0.2) is 24.3 Å². The van der Waals surface area contributed by atoms with Crippen LogP contribution in [0.25, 0.3) is 10.9 Å². The lowest BCUT2D eigenvalue weighted by molar-refractivity contribution is -0.00128. The van der Waals surface area contributed by atoms with Crippen molar-refractivity contribution < 1.29 is 19.4 Å². The summed E-state index contributed by atoms with van der Waals surface area (Å²) in [7, 11) is 0. The highest BCUT2D eigenvalue weighted by atomic mass is 19.1. The number of hydrogen-bond donors (Lipinski definition) is 4. The summed E-state index contributed by atoms with van der Waals surface area (Å²) in [5.74, 6) is -0.738. The Balaban J connectivity index is 1.77. The van der Waals surface area contributed by atoms with Crippen LogP contribution >= 0.6 is 0 Å². The first-order chi connectivity index (χ1) is 10.5. The number of aliphatic hydroxyl groups excluding tert-OH is 2. The Morgan fingerprint density at radius 1 is 1.23 bits per heavy atom. The van der Waals surface area contributed by atoms with Gasteiger partial charge in [-0.15, -0.1) is 0 Å². The van der Waals surface area contributed by atoms with Crippen LogP contribution in [0.5, 0.6) is 0 Å². The predicted molar refractivity (Wildman–Crippen MR) is 80.0 cm³/mol. The van der Waals surface area contributed by atoms with E-state index in [2.05, 4.69) is 10.3 Å². The van der Waals surface area contributed by atoms with Crippen molar-refractivity contribution in [2.45, 2.75) is 43.9 Å². The molecule has 1 heterocycles. The number of aromatic amines is 1. The van der Waals surface area contributed by atoms with Crippen LogP contribution in [0.2, 0.25) is 0 Å². The summed E-state index contributed by atoms with van der Waals surface area (Å²) in [6.45, 7) is 0. The third kappa shape index (κ3) is 2.98. The highest BCUT2D eigenvalue weighted by Crippen LogP contribution is 2.20. The van der Waals surface area contributed by atoms with Gasteiger partial charge >= 0.3 is 0 Å². The zero-order chi connectivity index (χ0) is 15.7. The monoisotopic (exact) mass is 306 g/mol. The number of carbonyl (C=O) groups excluding carboxylic acids is 1. The van der Waals surface area contributed by atoms with E-state index in [0.717, 1.165) is 18.2 Å². The molecule has 1 aliphatic rings. The highest BCUT2D eigenvalue weighted by Gasteiger charge is 2.30. The number of nitrogens with one attached hydrogen (secondary N) is 2. The molecule has 0 aliphatic heterocycles. The molecule has 6 heteroatoms. The van der Waals surface area contributed by atoms with Crippen LogP contribution in [-0.2, 0) is 0 Å². The summed E-state index contributed by atoms with van der Waals surface area (Å²) in [5, 5.41) is 23.4. The molecule has 22 heavy (non-hydrogen) atoms. The van der Waals surface area contributed by atoms with E-state index in [9.17, 15) is 19.4 Å². The molecule has 4 N–H and O–H groups in total. The molecule has 0 unspecified atom stereocenters. The summed E-state index contributed by atoms with van der Waals surface area (Å²) >= 11 is 0. The molecule has 0 radical (unpaired) electrons. The molecule has 1 aliphatic carbocycles. The lowest BCUT2D eigenvalue weighted by Gasteiger charge is -2.24. The van der Waals surface area contributed by atoms with Gasteiger partial charge in [-0.1, -0.05) is 12.8 Å².